The summed E-state index contributed by atoms with van der Waals surface area (Å²) in [4.78, 5) is 30.6. The summed E-state index contributed by atoms with van der Waals surface area (Å²) in [5.74, 6) is -0.0112. The Labute approximate surface area is 173 Å². The third-order valence-corrected chi connectivity index (χ3v) is 6.39. The van der Waals surface area contributed by atoms with E-state index in [4.69, 9.17) is 0 Å². The maximum absolute atomic E-state index is 13.6. The summed E-state index contributed by atoms with van der Waals surface area (Å²) in [6.45, 7) is 3.60. The molecular formula is C24H31N3O2. The van der Waals surface area contributed by atoms with E-state index in [1.54, 1.807) is 0 Å². The van der Waals surface area contributed by atoms with Crippen LogP contribution in [0, 0.1) is 0 Å². The first kappa shape index (κ1) is 19.7. The number of carbonyl (C=O) groups excluding carboxylic acids is 2. The molecule has 1 atom stereocenters. The topological polar surface area (TPSA) is 52.7 Å². The van der Waals surface area contributed by atoms with Gasteiger partial charge in [0.05, 0.1) is 0 Å². The second-order valence-electron chi connectivity index (χ2n) is 8.60. The van der Waals surface area contributed by atoms with E-state index in [-0.39, 0.29) is 17.6 Å². The van der Waals surface area contributed by atoms with Crippen molar-refractivity contribution in [3.05, 3.63) is 52.4 Å². The maximum Gasteiger partial charge on any atom is 0.252 e. The number of benzene rings is 1. The molecule has 0 saturated carbocycles. The van der Waals surface area contributed by atoms with E-state index in [0.717, 1.165) is 72.6 Å². The Morgan fingerprint density at radius 3 is 2.38 bits per heavy atom. The highest BCUT2D eigenvalue weighted by Gasteiger charge is 2.39. The molecule has 29 heavy (non-hydrogen) atoms. The van der Waals surface area contributed by atoms with Crippen molar-refractivity contribution in [3.63, 3.8) is 0 Å². The first-order valence-corrected chi connectivity index (χ1v) is 10.8. The fourth-order valence-corrected chi connectivity index (χ4v) is 4.83. The van der Waals surface area contributed by atoms with Gasteiger partial charge >= 0.3 is 0 Å². The molecule has 1 saturated heterocycles. The van der Waals surface area contributed by atoms with Gasteiger partial charge in [0.25, 0.3) is 5.91 Å². The number of allylic oxidation sites excluding steroid dienone is 3. The number of likely N-dealkylation sites (tertiary alicyclic amines) is 1. The van der Waals surface area contributed by atoms with Gasteiger partial charge in [0.1, 0.15) is 0 Å². The fraction of sp³-hybridized carbons (Fsp3) is 0.500. The predicted octanol–water partition coefficient (Wildman–Crippen LogP) is 3.73. The lowest BCUT2D eigenvalue weighted by Gasteiger charge is -2.37. The highest BCUT2D eigenvalue weighted by Crippen LogP contribution is 2.43. The first-order valence-electron chi connectivity index (χ1n) is 10.8. The van der Waals surface area contributed by atoms with Crippen molar-refractivity contribution in [2.24, 2.45) is 0 Å². The Bertz CT molecular complexity index is 874. The second kappa shape index (κ2) is 8.05. The Morgan fingerprint density at radius 1 is 1.03 bits per heavy atom. The van der Waals surface area contributed by atoms with Gasteiger partial charge in [0.15, 0.2) is 5.78 Å². The highest BCUT2D eigenvalue weighted by molar-refractivity contribution is 6.05. The van der Waals surface area contributed by atoms with Crippen molar-refractivity contribution in [1.29, 1.82) is 0 Å². The lowest BCUT2D eigenvalue weighted by Crippen LogP contribution is -2.42. The summed E-state index contributed by atoms with van der Waals surface area (Å²) < 4.78 is 0. The molecule has 1 amide bonds. The molecule has 5 nitrogen and oxygen atoms in total. The SMILES string of the molecule is CC1=C(C(=O)N2CCCCC2)[C@@H](c2ccc(N(C)C)cc2)C2=C(CCCC2=O)N1. The van der Waals surface area contributed by atoms with E-state index in [1.165, 1.54) is 6.42 Å². The summed E-state index contributed by atoms with van der Waals surface area (Å²) >= 11 is 0. The van der Waals surface area contributed by atoms with Gasteiger partial charge in [-0.15, -0.1) is 0 Å². The van der Waals surface area contributed by atoms with E-state index < -0.39 is 0 Å². The predicted molar refractivity (Wildman–Crippen MR) is 116 cm³/mol. The minimum atomic E-state index is -0.273. The fourth-order valence-electron chi connectivity index (χ4n) is 4.83. The van der Waals surface area contributed by atoms with Crippen LogP contribution in [0.2, 0.25) is 0 Å². The molecule has 1 aromatic rings. The number of amides is 1. The number of nitrogens with one attached hydrogen (secondary N) is 1. The van der Waals surface area contributed by atoms with Crippen LogP contribution < -0.4 is 10.2 Å². The van der Waals surface area contributed by atoms with E-state index in [9.17, 15) is 9.59 Å². The lowest BCUT2D eigenvalue weighted by atomic mass is 9.74. The summed E-state index contributed by atoms with van der Waals surface area (Å²) in [7, 11) is 4.03. The van der Waals surface area contributed by atoms with E-state index in [0.29, 0.717) is 6.42 Å². The van der Waals surface area contributed by atoms with E-state index in [2.05, 4.69) is 34.5 Å². The van der Waals surface area contributed by atoms with Crippen LogP contribution in [0.15, 0.2) is 46.8 Å². The minimum absolute atomic E-state index is 0.0845. The van der Waals surface area contributed by atoms with Crippen molar-refractivity contribution in [2.75, 3.05) is 32.1 Å². The van der Waals surface area contributed by atoms with Gasteiger partial charge in [-0.3, -0.25) is 9.59 Å². The van der Waals surface area contributed by atoms with Gasteiger partial charge in [-0.2, -0.15) is 0 Å². The van der Waals surface area contributed by atoms with Gasteiger partial charge in [-0.05, 0) is 56.7 Å². The van der Waals surface area contributed by atoms with Crippen LogP contribution >= 0.6 is 0 Å². The molecule has 2 aliphatic heterocycles. The Kier molecular flexibility index (Phi) is 5.48. The average molecular weight is 394 g/mol. The quantitative estimate of drug-likeness (QED) is 0.850. The van der Waals surface area contributed by atoms with Crippen LogP contribution in [-0.2, 0) is 9.59 Å². The van der Waals surface area contributed by atoms with Gasteiger partial charge in [0.2, 0.25) is 0 Å². The molecule has 5 heteroatoms. The van der Waals surface area contributed by atoms with Gasteiger partial charge in [0, 0.05) is 67.8 Å². The van der Waals surface area contributed by atoms with Crippen molar-refractivity contribution in [3.8, 4) is 0 Å². The summed E-state index contributed by atoms with van der Waals surface area (Å²) in [5, 5.41) is 3.43. The number of hydrogen-bond donors (Lipinski definition) is 1. The molecule has 0 bridgehead atoms. The molecule has 154 valence electrons. The normalized spacial score (nSPS) is 22.4. The average Bonchev–Trinajstić information content (AvgIpc) is 2.73. The number of nitrogens with zero attached hydrogens (tertiary/aromatic N) is 2. The number of hydrogen-bond acceptors (Lipinski definition) is 4. The molecule has 1 aromatic carbocycles. The maximum atomic E-state index is 13.6. The molecule has 0 unspecified atom stereocenters. The smallest absolute Gasteiger partial charge is 0.252 e. The highest BCUT2D eigenvalue weighted by atomic mass is 16.2. The van der Waals surface area contributed by atoms with E-state index in [1.807, 2.05) is 25.9 Å². The third kappa shape index (κ3) is 3.70. The Hall–Kier alpha value is -2.56. The zero-order chi connectivity index (χ0) is 20.5. The van der Waals surface area contributed by atoms with Crippen LogP contribution in [0.4, 0.5) is 5.69 Å². The van der Waals surface area contributed by atoms with Crippen molar-refractivity contribution < 1.29 is 9.59 Å². The van der Waals surface area contributed by atoms with Crippen molar-refractivity contribution in [2.45, 2.75) is 51.4 Å². The van der Waals surface area contributed by atoms with Crippen LogP contribution in [0.25, 0.3) is 0 Å². The molecule has 1 fully saturated rings. The van der Waals surface area contributed by atoms with Crippen LogP contribution in [0.3, 0.4) is 0 Å². The van der Waals surface area contributed by atoms with Crippen molar-refractivity contribution in [1.82, 2.24) is 10.2 Å². The molecule has 0 radical (unpaired) electrons. The zero-order valence-corrected chi connectivity index (χ0v) is 17.8. The molecule has 0 spiro atoms. The molecule has 3 aliphatic rings. The van der Waals surface area contributed by atoms with Gasteiger partial charge in [-0.1, -0.05) is 12.1 Å². The number of ketones is 1. The largest absolute Gasteiger partial charge is 0.378 e. The van der Waals surface area contributed by atoms with Crippen molar-refractivity contribution >= 4 is 17.4 Å². The van der Waals surface area contributed by atoms with Crippen LogP contribution in [0.1, 0.15) is 56.9 Å². The number of Topliss-reactive ketones (excluding diaryl/α,β-unsaturated/α-hetero) is 1. The second-order valence-corrected chi connectivity index (χ2v) is 8.60. The molecule has 1 aliphatic carbocycles. The Morgan fingerprint density at radius 2 is 1.72 bits per heavy atom. The number of rotatable bonds is 3. The monoisotopic (exact) mass is 393 g/mol. The minimum Gasteiger partial charge on any atom is -0.378 e. The molecule has 1 N–H and O–H groups in total. The summed E-state index contributed by atoms with van der Waals surface area (Å²) in [6, 6.07) is 8.30. The number of carbonyl (C=O) groups is 2. The Balaban J connectivity index is 1.79. The first-order chi connectivity index (χ1) is 14.0. The van der Waals surface area contributed by atoms with Crippen LogP contribution in [0.5, 0.6) is 0 Å². The molecular weight excluding hydrogens is 362 g/mol. The summed E-state index contributed by atoms with van der Waals surface area (Å²) in [6.07, 6.45) is 5.61. The zero-order valence-electron chi connectivity index (χ0n) is 17.8. The number of anilines is 1. The molecule has 0 aromatic heterocycles. The number of piperidine rings is 1. The number of dihydropyridines is 1. The molecule has 2 heterocycles. The molecule has 4 rings (SSSR count). The van der Waals surface area contributed by atoms with Gasteiger partial charge in [-0.25, -0.2) is 0 Å². The van der Waals surface area contributed by atoms with Gasteiger partial charge < -0.3 is 15.1 Å². The lowest BCUT2D eigenvalue weighted by molar-refractivity contribution is -0.128. The van der Waals surface area contributed by atoms with Crippen LogP contribution in [-0.4, -0.2) is 43.8 Å². The summed E-state index contributed by atoms with van der Waals surface area (Å²) in [5.41, 5.74) is 5.60. The third-order valence-electron chi connectivity index (χ3n) is 6.39. The van der Waals surface area contributed by atoms with E-state index >= 15 is 0 Å². The standard InChI is InChI=1S/C24H31N3O2/c1-16-21(24(29)27-14-5-4-6-15-27)22(17-10-12-18(13-11-17)26(2)3)23-19(25-16)8-7-9-20(23)28/h10-13,22,25H,4-9,14-15H2,1-3H3/t22-/m1/s1.